The molecule has 3 rings (SSSR count). The number of amides is 1. The molecular weight excluding hydrogens is 338 g/mol. The van der Waals surface area contributed by atoms with Crippen LogP contribution in [0.1, 0.15) is 30.3 Å². The minimum absolute atomic E-state index is 0.134. The molecule has 1 aromatic carbocycles. The van der Waals surface area contributed by atoms with Crippen molar-refractivity contribution in [3.63, 3.8) is 0 Å². The second kappa shape index (κ2) is 8.98. The van der Waals surface area contributed by atoms with Crippen LogP contribution in [0.25, 0.3) is 0 Å². The Labute approximate surface area is 159 Å². The predicted octanol–water partition coefficient (Wildman–Crippen LogP) is 3.68. The molecule has 1 aliphatic rings. The first-order valence-electron chi connectivity index (χ1n) is 9.20. The zero-order valence-electron chi connectivity index (χ0n) is 15.5. The van der Waals surface area contributed by atoms with E-state index in [9.17, 15) is 4.79 Å². The van der Waals surface area contributed by atoms with E-state index >= 15 is 0 Å². The molecule has 1 fully saturated rings. The summed E-state index contributed by atoms with van der Waals surface area (Å²) in [5, 5.41) is 3.20. The first-order valence-corrected chi connectivity index (χ1v) is 9.20. The second-order valence-electron chi connectivity index (χ2n) is 6.74. The lowest BCUT2D eigenvalue weighted by atomic mass is 10.0. The quantitative estimate of drug-likeness (QED) is 0.866. The Bertz CT molecular complexity index is 828. The number of hydrogen-bond acceptors (Lipinski definition) is 5. The maximum Gasteiger partial charge on any atom is 0.271 e. The molecule has 0 spiro atoms. The van der Waals surface area contributed by atoms with Gasteiger partial charge >= 0.3 is 0 Å². The molecule has 1 atom stereocenters. The van der Waals surface area contributed by atoms with E-state index < -0.39 is 5.91 Å². The van der Waals surface area contributed by atoms with Crippen molar-refractivity contribution < 1.29 is 4.79 Å². The third kappa shape index (κ3) is 5.17. The van der Waals surface area contributed by atoms with Gasteiger partial charge in [0.25, 0.3) is 5.91 Å². The molecule has 0 radical (unpaired) electrons. The Balaban J connectivity index is 1.95. The fourth-order valence-corrected chi connectivity index (χ4v) is 3.11. The highest BCUT2D eigenvalue weighted by Crippen LogP contribution is 2.24. The highest BCUT2D eigenvalue weighted by atomic mass is 16.1. The number of hydrogen-bond donors (Lipinski definition) is 2. The van der Waals surface area contributed by atoms with Gasteiger partial charge in [-0.05, 0) is 30.9 Å². The van der Waals surface area contributed by atoms with Gasteiger partial charge in [-0.1, -0.05) is 49.4 Å². The SMILES string of the molecule is C[C@@H]1CCCN(c2cnc(C(N)=O)c(Nc3ccccccccc3)n2)C1. The fourth-order valence-electron chi connectivity index (χ4n) is 3.11. The summed E-state index contributed by atoms with van der Waals surface area (Å²) in [4.78, 5) is 23.0. The molecule has 0 unspecified atom stereocenters. The number of rotatable bonds is 4. The standard InChI is InChI=1S/C21H25N5O/c1-16-10-9-13-26(15-16)18-14-23-19(20(22)27)21(25-18)24-17-11-7-5-3-2-4-6-8-12-17/h2-8,11-12,14,16H,9-10,13,15H2,1H3,(H2,22,27)(H,24,25)/t16-/m1/s1. The summed E-state index contributed by atoms with van der Waals surface area (Å²) in [6.45, 7) is 4.11. The van der Waals surface area contributed by atoms with Gasteiger partial charge in [-0.15, -0.1) is 0 Å². The summed E-state index contributed by atoms with van der Waals surface area (Å²) >= 11 is 0. The summed E-state index contributed by atoms with van der Waals surface area (Å²) in [6.07, 6.45) is 3.98. The Hall–Kier alpha value is -3.15. The molecular formula is C21H25N5O. The van der Waals surface area contributed by atoms with Crippen LogP contribution in [0.4, 0.5) is 17.3 Å². The van der Waals surface area contributed by atoms with Gasteiger partial charge in [-0.25, -0.2) is 9.97 Å². The molecule has 0 aliphatic carbocycles. The average molecular weight is 363 g/mol. The number of anilines is 3. The maximum atomic E-state index is 11.8. The van der Waals surface area contributed by atoms with Crippen molar-refractivity contribution in [1.82, 2.24) is 9.97 Å². The van der Waals surface area contributed by atoms with Gasteiger partial charge in [0, 0.05) is 18.8 Å². The zero-order valence-corrected chi connectivity index (χ0v) is 15.5. The molecule has 27 heavy (non-hydrogen) atoms. The summed E-state index contributed by atoms with van der Waals surface area (Å²) in [5.74, 6) is 1.14. The van der Waals surface area contributed by atoms with E-state index in [2.05, 4.69) is 27.1 Å². The third-order valence-corrected chi connectivity index (χ3v) is 4.46. The van der Waals surface area contributed by atoms with Crippen LogP contribution in [0.3, 0.4) is 0 Å². The topological polar surface area (TPSA) is 84.1 Å². The molecule has 1 aliphatic heterocycles. The lowest BCUT2D eigenvalue weighted by molar-refractivity contribution is 0.0996. The van der Waals surface area contributed by atoms with Crippen LogP contribution in [-0.4, -0.2) is 29.0 Å². The summed E-state index contributed by atoms with van der Waals surface area (Å²) < 4.78 is 0. The molecule has 3 N–H and O–H groups in total. The van der Waals surface area contributed by atoms with Crippen molar-refractivity contribution in [2.45, 2.75) is 19.8 Å². The Kier molecular flexibility index (Phi) is 6.20. The highest BCUT2D eigenvalue weighted by molar-refractivity contribution is 5.96. The number of piperidine rings is 1. The van der Waals surface area contributed by atoms with E-state index in [1.807, 2.05) is 54.6 Å². The van der Waals surface area contributed by atoms with E-state index in [0.717, 1.165) is 31.0 Å². The first-order chi connectivity index (χ1) is 13.1. The fraction of sp³-hybridized carbons (Fsp3) is 0.286. The van der Waals surface area contributed by atoms with Gasteiger partial charge < -0.3 is 16.0 Å². The molecule has 0 saturated carbocycles. The van der Waals surface area contributed by atoms with Crippen LogP contribution in [-0.2, 0) is 0 Å². The number of primary amides is 1. The van der Waals surface area contributed by atoms with Gasteiger partial charge in [0.2, 0.25) is 0 Å². The highest BCUT2D eigenvalue weighted by Gasteiger charge is 2.20. The van der Waals surface area contributed by atoms with E-state index in [0.29, 0.717) is 11.7 Å². The van der Waals surface area contributed by atoms with Gasteiger partial charge in [0.15, 0.2) is 11.5 Å². The number of carbonyl (C=O) groups is 1. The van der Waals surface area contributed by atoms with E-state index in [4.69, 9.17) is 5.73 Å². The van der Waals surface area contributed by atoms with E-state index in [1.54, 1.807) is 6.20 Å². The number of aromatic nitrogens is 2. The molecule has 6 heteroatoms. The van der Waals surface area contributed by atoms with Crippen LogP contribution in [0, 0.1) is 5.92 Å². The number of nitrogens with zero attached hydrogens (tertiary/aromatic N) is 3. The largest absolute Gasteiger partial charge is 0.364 e. The minimum Gasteiger partial charge on any atom is -0.364 e. The Morgan fingerprint density at radius 1 is 1.15 bits per heavy atom. The molecule has 2 heterocycles. The number of carbonyl (C=O) groups excluding carboxylic acids is 1. The van der Waals surface area contributed by atoms with Crippen molar-refractivity contribution in [2.24, 2.45) is 11.7 Å². The molecule has 1 aromatic heterocycles. The molecule has 1 amide bonds. The Morgan fingerprint density at radius 3 is 2.44 bits per heavy atom. The number of nitrogens with one attached hydrogen (secondary N) is 1. The molecule has 6 nitrogen and oxygen atoms in total. The van der Waals surface area contributed by atoms with Crippen molar-refractivity contribution >= 4 is 23.2 Å². The summed E-state index contributed by atoms with van der Waals surface area (Å²) in [5.41, 5.74) is 6.42. The first kappa shape index (κ1) is 18.6. The van der Waals surface area contributed by atoms with Gasteiger partial charge in [0.05, 0.1) is 6.20 Å². The van der Waals surface area contributed by atoms with Crippen LogP contribution in [0.15, 0.2) is 60.8 Å². The number of nitrogens with two attached hydrogens (primary N) is 1. The second-order valence-corrected chi connectivity index (χ2v) is 6.74. The summed E-state index contributed by atoms with van der Waals surface area (Å²) in [7, 11) is 0. The molecule has 2 aromatic rings. The van der Waals surface area contributed by atoms with Crippen LogP contribution >= 0.6 is 0 Å². The van der Waals surface area contributed by atoms with Crippen LogP contribution in [0.2, 0.25) is 0 Å². The van der Waals surface area contributed by atoms with Crippen molar-refractivity contribution in [2.75, 3.05) is 23.3 Å². The van der Waals surface area contributed by atoms with Gasteiger partial charge in [-0.3, -0.25) is 4.79 Å². The zero-order chi connectivity index (χ0) is 19.1. The van der Waals surface area contributed by atoms with Crippen molar-refractivity contribution in [3.05, 3.63) is 66.5 Å². The normalized spacial score (nSPS) is 16.3. The van der Waals surface area contributed by atoms with Gasteiger partial charge in [0.1, 0.15) is 5.82 Å². The van der Waals surface area contributed by atoms with Gasteiger partial charge in [-0.2, -0.15) is 0 Å². The average Bonchev–Trinajstić information content (AvgIpc) is 2.66. The van der Waals surface area contributed by atoms with Crippen molar-refractivity contribution in [3.8, 4) is 0 Å². The smallest absolute Gasteiger partial charge is 0.271 e. The van der Waals surface area contributed by atoms with Crippen LogP contribution in [0.5, 0.6) is 0 Å². The summed E-state index contributed by atoms with van der Waals surface area (Å²) in [6, 6.07) is 17.3. The van der Waals surface area contributed by atoms with E-state index in [1.165, 1.54) is 6.42 Å². The van der Waals surface area contributed by atoms with E-state index in [-0.39, 0.29) is 5.69 Å². The minimum atomic E-state index is -0.605. The Morgan fingerprint density at radius 2 is 1.81 bits per heavy atom. The molecule has 1 saturated heterocycles. The lowest BCUT2D eigenvalue weighted by Crippen LogP contribution is -2.35. The third-order valence-electron chi connectivity index (χ3n) is 4.46. The monoisotopic (exact) mass is 363 g/mol. The van der Waals surface area contributed by atoms with Crippen molar-refractivity contribution in [1.29, 1.82) is 0 Å². The molecule has 0 bridgehead atoms. The lowest BCUT2D eigenvalue weighted by Gasteiger charge is -2.31. The predicted molar refractivity (Wildman–Crippen MR) is 109 cm³/mol. The maximum absolute atomic E-state index is 11.8. The van der Waals surface area contributed by atoms with Crippen LogP contribution < -0.4 is 16.0 Å². The molecule has 140 valence electrons.